The second kappa shape index (κ2) is 4.63. The van der Waals surface area contributed by atoms with Crippen LogP contribution in [0.1, 0.15) is 12.2 Å². The number of hydrogen-bond acceptors (Lipinski definition) is 4. The quantitative estimate of drug-likeness (QED) is 0.824. The van der Waals surface area contributed by atoms with Gasteiger partial charge in [0.05, 0.1) is 18.1 Å². The maximum absolute atomic E-state index is 4.40. The van der Waals surface area contributed by atoms with E-state index in [2.05, 4.69) is 25.3 Å². The molecule has 0 radical (unpaired) electrons. The third kappa shape index (κ3) is 2.34. The molecule has 2 aromatic rings. The van der Waals surface area contributed by atoms with Crippen molar-refractivity contribution in [1.29, 1.82) is 0 Å². The number of H-pyrrole nitrogens is 1. The lowest BCUT2D eigenvalue weighted by atomic mass is 10.1. The molecule has 0 aromatic carbocycles. The van der Waals surface area contributed by atoms with Gasteiger partial charge in [-0.05, 0) is 25.4 Å². The van der Waals surface area contributed by atoms with Crippen LogP contribution in [0.15, 0.2) is 24.8 Å². The summed E-state index contributed by atoms with van der Waals surface area (Å²) in [6.45, 7) is 2.23. The summed E-state index contributed by atoms with van der Waals surface area (Å²) in [4.78, 5) is 16.0. The zero-order valence-electron chi connectivity index (χ0n) is 9.56. The van der Waals surface area contributed by atoms with Gasteiger partial charge in [-0.1, -0.05) is 0 Å². The lowest BCUT2D eigenvalue weighted by Gasteiger charge is -2.04. The van der Waals surface area contributed by atoms with Crippen LogP contribution in [0.4, 0.5) is 0 Å². The first-order chi connectivity index (χ1) is 8.42. The molecule has 0 aliphatic carbocycles. The first-order valence-electron chi connectivity index (χ1n) is 5.93. The molecule has 3 rings (SSSR count). The second-order valence-corrected chi connectivity index (χ2v) is 4.40. The van der Waals surface area contributed by atoms with E-state index < -0.39 is 0 Å². The number of aromatic amines is 1. The Morgan fingerprint density at radius 2 is 2.24 bits per heavy atom. The summed E-state index contributed by atoms with van der Waals surface area (Å²) >= 11 is 0. The van der Waals surface area contributed by atoms with Gasteiger partial charge in [-0.15, -0.1) is 0 Å². The van der Waals surface area contributed by atoms with E-state index in [1.54, 1.807) is 18.6 Å². The molecule has 1 atom stereocenters. The molecular formula is C12H15N5. The number of rotatable bonds is 3. The molecule has 5 heteroatoms. The minimum atomic E-state index is 0.704. The molecule has 1 saturated heterocycles. The fourth-order valence-electron chi connectivity index (χ4n) is 2.20. The van der Waals surface area contributed by atoms with Crippen molar-refractivity contribution in [3.05, 3.63) is 30.6 Å². The number of nitrogens with zero attached hydrogens (tertiary/aromatic N) is 3. The van der Waals surface area contributed by atoms with E-state index in [0.29, 0.717) is 5.92 Å². The summed E-state index contributed by atoms with van der Waals surface area (Å²) in [5.41, 5.74) is 1.79. The molecule has 5 nitrogen and oxygen atoms in total. The largest absolute Gasteiger partial charge is 0.341 e. The molecule has 1 aliphatic rings. The molecule has 2 aromatic heterocycles. The predicted molar refractivity (Wildman–Crippen MR) is 64.3 cm³/mol. The van der Waals surface area contributed by atoms with Crippen molar-refractivity contribution in [2.45, 2.75) is 12.8 Å². The molecule has 2 N–H and O–H groups in total. The minimum Gasteiger partial charge on any atom is -0.341 e. The highest BCUT2D eigenvalue weighted by Gasteiger charge is 2.16. The minimum absolute atomic E-state index is 0.704. The van der Waals surface area contributed by atoms with Gasteiger partial charge in [-0.3, -0.25) is 9.97 Å². The molecule has 3 heterocycles. The Hall–Kier alpha value is -1.75. The van der Waals surface area contributed by atoms with Crippen LogP contribution in [0.25, 0.3) is 11.4 Å². The van der Waals surface area contributed by atoms with Crippen LogP contribution in [0.2, 0.25) is 0 Å². The van der Waals surface area contributed by atoms with Gasteiger partial charge in [0, 0.05) is 18.8 Å². The Bertz CT molecular complexity index is 473. The summed E-state index contributed by atoms with van der Waals surface area (Å²) < 4.78 is 0. The first kappa shape index (κ1) is 10.4. The van der Waals surface area contributed by atoms with Gasteiger partial charge in [0.25, 0.3) is 0 Å². The van der Waals surface area contributed by atoms with E-state index in [4.69, 9.17) is 0 Å². The topological polar surface area (TPSA) is 66.5 Å². The van der Waals surface area contributed by atoms with E-state index in [1.807, 2.05) is 6.20 Å². The Morgan fingerprint density at radius 1 is 1.24 bits per heavy atom. The summed E-state index contributed by atoms with van der Waals surface area (Å²) in [6, 6.07) is 0. The molecule has 0 amide bonds. The SMILES string of the molecule is c1cnc(-c2cnc(CC3CCNC3)[nH]2)cn1. The molecule has 1 aliphatic heterocycles. The molecular weight excluding hydrogens is 214 g/mol. The Morgan fingerprint density at radius 3 is 3.00 bits per heavy atom. The van der Waals surface area contributed by atoms with Crippen molar-refractivity contribution >= 4 is 0 Å². The number of imidazole rings is 1. The van der Waals surface area contributed by atoms with Crippen LogP contribution in [0.5, 0.6) is 0 Å². The molecule has 0 saturated carbocycles. The Balaban J connectivity index is 1.74. The zero-order chi connectivity index (χ0) is 11.5. The summed E-state index contributed by atoms with van der Waals surface area (Å²) in [5, 5.41) is 3.37. The van der Waals surface area contributed by atoms with Gasteiger partial charge in [-0.25, -0.2) is 4.98 Å². The molecule has 0 bridgehead atoms. The predicted octanol–water partition coefficient (Wildman–Crippen LogP) is 1.02. The fraction of sp³-hybridized carbons (Fsp3) is 0.417. The van der Waals surface area contributed by atoms with Crippen molar-refractivity contribution in [2.24, 2.45) is 5.92 Å². The smallest absolute Gasteiger partial charge is 0.106 e. The first-order valence-corrected chi connectivity index (χ1v) is 5.93. The lowest BCUT2D eigenvalue weighted by molar-refractivity contribution is 0.565. The number of aromatic nitrogens is 4. The Kier molecular flexibility index (Phi) is 2.83. The van der Waals surface area contributed by atoms with Gasteiger partial charge in [-0.2, -0.15) is 0 Å². The summed E-state index contributed by atoms with van der Waals surface area (Å²) in [6.07, 6.45) is 9.19. The Labute approximate surface area is 99.7 Å². The van der Waals surface area contributed by atoms with E-state index in [9.17, 15) is 0 Å². The monoisotopic (exact) mass is 229 g/mol. The summed E-state index contributed by atoms with van der Waals surface area (Å²) in [5.74, 6) is 1.75. The highest BCUT2D eigenvalue weighted by Crippen LogP contribution is 2.16. The summed E-state index contributed by atoms with van der Waals surface area (Å²) in [7, 11) is 0. The highest BCUT2D eigenvalue weighted by molar-refractivity contribution is 5.51. The fourth-order valence-corrected chi connectivity index (χ4v) is 2.20. The van der Waals surface area contributed by atoms with Gasteiger partial charge < -0.3 is 10.3 Å². The van der Waals surface area contributed by atoms with Gasteiger partial charge in [0.2, 0.25) is 0 Å². The van der Waals surface area contributed by atoms with Crippen LogP contribution in [-0.4, -0.2) is 33.0 Å². The third-order valence-corrected chi connectivity index (χ3v) is 3.11. The van der Waals surface area contributed by atoms with Gasteiger partial charge in [0.1, 0.15) is 11.5 Å². The molecule has 1 unspecified atom stereocenters. The van der Waals surface area contributed by atoms with Crippen molar-refractivity contribution in [3.8, 4) is 11.4 Å². The normalized spacial score (nSPS) is 19.6. The maximum Gasteiger partial charge on any atom is 0.106 e. The zero-order valence-corrected chi connectivity index (χ0v) is 9.56. The molecule has 17 heavy (non-hydrogen) atoms. The number of hydrogen-bond donors (Lipinski definition) is 2. The third-order valence-electron chi connectivity index (χ3n) is 3.11. The maximum atomic E-state index is 4.40. The van der Waals surface area contributed by atoms with E-state index in [0.717, 1.165) is 36.7 Å². The van der Waals surface area contributed by atoms with Crippen molar-refractivity contribution in [1.82, 2.24) is 25.3 Å². The van der Waals surface area contributed by atoms with Crippen molar-refractivity contribution < 1.29 is 0 Å². The van der Waals surface area contributed by atoms with Crippen LogP contribution in [0, 0.1) is 5.92 Å². The lowest BCUT2D eigenvalue weighted by Crippen LogP contribution is -2.11. The standard InChI is InChI=1S/C12H15N5/c1-2-13-6-9(1)5-12-16-8-11(17-12)10-7-14-3-4-15-10/h3-4,7-9,13H,1-2,5-6H2,(H,16,17). The van der Waals surface area contributed by atoms with E-state index in [-0.39, 0.29) is 0 Å². The van der Waals surface area contributed by atoms with Crippen molar-refractivity contribution in [2.75, 3.05) is 13.1 Å². The highest BCUT2D eigenvalue weighted by atomic mass is 14.9. The van der Waals surface area contributed by atoms with Crippen LogP contribution in [-0.2, 0) is 6.42 Å². The molecule has 0 spiro atoms. The number of nitrogens with one attached hydrogen (secondary N) is 2. The van der Waals surface area contributed by atoms with Gasteiger partial charge in [0.15, 0.2) is 0 Å². The van der Waals surface area contributed by atoms with Gasteiger partial charge >= 0.3 is 0 Å². The molecule has 1 fully saturated rings. The van der Waals surface area contributed by atoms with E-state index >= 15 is 0 Å². The van der Waals surface area contributed by atoms with Crippen LogP contribution < -0.4 is 5.32 Å². The average molecular weight is 229 g/mol. The van der Waals surface area contributed by atoms with Crippen LogP contribution >= 0.6 is 0 Å². The van der Waals surface area contributed by atoms with E-state index in [1.165, 1.54) is 6.42 Å². The van der Waals surface area contributed by atoms with Crippen LogP contribution in [0.3, 0.4) is 0 Å². The average Bonchev–Trinajstić information content (AvgIpc) is 3.02. The molecule has 88 valence electrons. The van der Waals surface area contributed by atoms with Crippen molar-refractivity contribution in [3.63, 3.8) is 0 Å². The second-order valence-electron chi connectivity index (χ2n) is 4.40.